The molecule has 92 valence electrons. The zero-order valence-corrected chi connectivity index (χ0v) is 11.6. The lowest BCUT2D eigenvalue weighted by Crippen LogP contribution is -2.12. The number of aliphatic hydroxyl groups is 1. The second-order valence-electron chi connectivity index (χ2n) is 3.83. The van der Waals surface area contributed by atoms with Crippen molar-refractivity contribution in [1.29, 1.82) is 0 Å². The first kappa shape index (κ1) is 13.7. The molecular formula is C11H19BrN2O2. The molecule has 1 rings (SSSR count). The van der Waals surface area contributed by atoms with Gasteiger partial charge < -0.3 is 9.84 Å². The van der Waals surface area contributed by atoms with Crippen LogP contribution in [0.5, 0.6) is 0 Å². The molecule has 0 aliphatic carbocycles. The molecule has 1 aromatic heterocycles. The SMILES string of the molecule is CCn1ncc(Br)c1C(O)CCC(C)OC. The lowest BCUT2D eigenvalue weighted by Gasteiger charge is -2.15. The Morgan fingerprint density at radius 1 is 1.56 bits per heavy atom. The number of methoxy groups -OCH3 is 1. The Morgan fingerprint density at radius 3 is 2.81 bits per heavy atom. The normalized spacial score (nSPS) is 15.1. The van der Waals surface area contributed by atoms with Gasteiger partial charge in [-0.1, -0.05) is 0 Å². The zero-order valence-electron chi connectivity index (χ0n) is 9.98. The van der Waals surface area contributed by atoms with Crippen LogP contribution in [0.1, 0.15) is 38.5 Å². The van der Waals surface area contributed by atoms with Crippen LogP contribution in [-0.2, 0) is 11.3 Å². The van der Waals surface area contributed by atoms with Crippen molar-refractivity contribution >= 4 is 15.9 Å². The van der Waals surface area contributed by atoms with Gasteiger partial charge in [-0.25, -0.2) is 0 Å². The molecule has 0 aliphatic rings. The fourth-order valence-electron chi connectivity index (χ4n) is 1.60. The Kier molecular flexibility index (Phi) is 5.44. The number of aliphatic hydroxyl groups excluding tert-OH is 1. The summed E-state index contributed by atoms with van der Waals surface area (Å²) in [5.74, 6) is 0. The van der Waals surface area contributed by atoms with Crippen LogP contribution in [0.2, 0.25) is 0 Å². The molecule has 2 unspecified atom stereocenters. The van der Waals surface area contributed by atoms with Crippen molar-refractivity contribution in [3.8, 4) is 0 Å². The van der Waals surface area contributed by atoms with Crippen molar-refractivity contribution in [2.45, 2.75) is 45.4 Å². The Hall–Kier alpha value is -0.390. The molecule has 0 amide bonds. The Bertz CT molecular complexity index is 328. The van der Waals surface area contributed by atoms with Crippen molar-refractivity contribution < 1.29 is 9.84 Å². The third kappa shape index (κ3) is 3.30. The van der Waals surface area contributed by atoms with Gasteiger partial charge in [0.25, 0.3) is 0 Å². The minimum absolute atomic E-state index is 0.173. The standard InChI is InChI=1S/C11H19BrN2O2/c1-4-14-11(9(12)7-13-14)10(15)6-5-8(2)16-3/h7-8,10,15H,4-6H2,1-3H3. The largest absolute Gasteiger partial charge is 0.387 e. The van der Waals surface area contributed by atoms with E-state index in [4.69, 9.17) is 4.74 Å². The monoisotopic (exact) mass is 290 g/mol. The third-order valence-electron chi connectivity index (χ3n) is 2.70. The maximum Gasteiger partial charge on any atom is 0.0969 e. The van der Waals surface area contributed by atoms with E-state index in [1.54, 1.807) is 13.3 Å². The molecule has 0 aromatic carbocycles. The number of aromatic nitrogens is 2. The molecule has 2 atom stereocenters. The topological polar surface area (TPSA) is 47.3 Å². The van der Waals surface area contributed by atoms with Crippen LogP contribution in [0.15, 0.2) is 10.7 Å². The number of halogens is 1. The Morgan fingerprint density at radius 2 is 2.25 bits per heavy atom. The summed E-state index contributed by atoms with van der Waals surface area (Å²) >= 11 is 3.41. The van der Waals surface area contributed by atoms with Crippen molar-refractivity contribution in [3.05, 3.63) is 16.4 Å². The van der Waals surface area contributed by atoms with E-state index in [2.05, 4.69) is 21.0 Å². The first-order valence-electron chi connectivity index (χ1n) is 5.52. The minimum atomic E-state index is -0.491. The van der Waals surface area contributed by atoms with Gasteiger partial charge in [-0.15, -0.1) is 0 Å². The fraction of sp³-hybridized carbons (Fsp3) is 0.727. The molecule has 0 saturated heterocycles. The summed E-state index contributed by atoms with van der Waals surface area (Å²) in [6, 6.07) is 0. The number of hydrogen-bond acceptors (Lipinski definition) is 3. The van der Waals surface area contributed by atoms with E-state index >= 15 is 0 Å². The maximum absolute atomic E-state index is 10.1. The van der Waals surface area contributed by atoms with E-state index in [0.717, 1.165) is 23.1 Å². The number of hydrogen-bond donors (Lipinski definition) is 1. The maximum atomic E-state index is 10.1. The number of aryl methyl sites for hydroxylation is 1. The van der Waals surface area contributed by atoms with Crippen molar-refractivity contribution in [3.63, 3.8) is 0 Å². The highest BCUT2D eigenvalue weighted by Gasteiger charge is 2.17. The van der Waals surface area contributed by atoms with E-state index < -0.39 is 6.10 Å². The first-order chi connectivity index (χ1) is 7.60. The molecule has 5 heteroatoms. The summed E-state index contributed by atoms with van der Waals surface area (Å²) in [5, 5.41) is 14.3. The Balaban J connectivity index is 2.64. The van der Waals surface area contributed by atoms with Gasteiger partial charge in [0, 0.05) is 13.7 Å². The van der Waals surface area contributed by atoms with Gasteiger partial charge in [0.1, 0.15) is 0 Å². The van der Waals surface area contributed by atoms with Gasteiger partial charge in [0.05, 0.1) is 28.6 Å². The van der Waals surface area contributed by atoms with E-state index in [0.29, 0.717) is 6.42 Å². The summed E-state index contributed by atoms with van der Waals surface area (Å²) in [6.07, 6.45) is 2.92. The highest BCUT2D eigenvalue weighted by Crippen LogP contribution is 2.26. The molecule has 0 saturated carbocycles. The summed E-state index contributed by atoms with van der Waals surface area (Å²) in [7, 11) is 1.68. The molecule has 0 aliphatic heterocycles. The van der Waals surface area contributed by atoms with Gasteiger partial charge in [-0.3, -0.25) is 4.68 Å². The first-order valence-corrected chi connectivity index (χ1v) is 6.31. The third-order valence-corrected chi connectivity index (χ3v) is 3.31. The summed E-state index contributed by atoms with van der Waals surface area (Å²) in [5.41, 5.74) is 0.853. The van der Waals surface area contributed by atoms with Crippen LogP contribution < -0.4 is 0 Å². The molecule has 1 heterocycles. The predicted molar refractivity (Wildman–Crippen MR) is 66.3 cm³/mol. The number of nitrogens with zero attached hydrogens (tertiary/aromatic N) is 2. The molecule has 16 heavy (non-hydrogen) atoms. The highest BCUT2D eigenvalue weighted by molar-refractivity contribution is 9.10. The van der Waals surface area contributed by atoms with Crippen LogP contribution in [0.3, 0.4) is 0 Å². The van der Waals surface area contributed by atoms with Gasteiger partial charge in [-0.2, -0.15) is 5.10 Å². The highest BCUT2D eigenvalue weighted by atomic mass is 79.9. The van der Waals surface area contributed by atoms with Crippen LogP contribution in [-0.4, -0.2) is 28.1 Å². The summed E-state index contributed by atoms with van der Waals surface area (Å²) in [6.45, 7) is 4.77. The number of ether oxygens (including phenoxy) is 1. The van der Waals surface area contributed by atoms with Crippen molar-refractivity contribution in [2.75, 3.05) is 7.11 Å². The molecule has 4 nitrogen and oxygen atoms in total. The van der Waals surface area contributed by atoms with Crippen LogP contribution in [0.4, 0.5) is 0 Å². The van der Waals surface area contributed by atoms with Gasteiger partial charge >= 0.3 is 0 Å². The predicted octanol–water partition coefficient (Wildman–Crippen LogP) is 2.51. The molecular weight excluding hydrogens is 272 g/mol. The average Bonchev–Trinajstić information content (AvgIpc) is 2.66. The van der Waals surface area contributed by atoms with Crippen molar-refractivity contribution in [2.24, 2.45) is 0 Å². The van der Waals surface area contributed by atoms with E-state index in [1.807, 2.05) is 18.5 Å². The molecule has 1 N–H and O–H groups in total. The lowest BCUT2D eigenvalue weighted by atomic mass is 10.1. The zero-order chi connectivity index (χ0) is 12.1. The fourth-order valence-corrected chi connectivity index (χ4v) is 2.16. The second kappa shape index (κ2) is 6.37. The molecule has 1 aromatic rings. The summed E-state index contributed by atoms with van der Waals surface area (Å²) in [4.78, 5) is 0. The van der Waals surface area contributed by atoms with Gasteiger partial charge in [0.2, 0.25) is 0 Å². The quantitative estimate of drug-likeness (QED) is 0.876. The molecule has 0 radical (unpaired) electrons. The smallest absolute Gasteiger partial charge is 0.0969 e. The minimum Gasteiger partial charge on any atom is -0.387 e. The summed E-state index contributed by atoms with van der Waals surface area (Å²) < 4.78 is 7.84. The van der Waals surface area contributed by atoms with Gasteiger partial charge in [-0.05, 0) is 42.6 Å². The van der Waals surface area contributed by atoms with Crippen LogP contribution in [0, 0.1) is 0 Å². The second-order valence-corrected chi connectivity index (χ2v) is 4.69. The average molecular weight is 291 g/mol. The molecule has 0 fully saturated rings. The van der Waals surface area contributed by atoms with Gasteiger partial charge in [0.15, 0.2) is 0 Å². The van der Waals surface area contributed by atoms with E-state index in [9.17, 15) is 5.11 Å². The van der Waals surface area contributed by atoms with E-state index in [-0.39, 0.29) is 6.10 Å². The van der Waals surface area contributed by atoms with E-state index in [1.165, 1.54) is 0 Å². The lowest BCUT2D eigenvalue weighted by molar-refractivity contribution is 0.0823. The van der Waals surface area contributed by atoms with Crippen LogP contribution >= 0.6 is 15.9 Å². The van der Waals surface area contributed by atoms with Crippen LogP contribution in [0.25, 0.3) is 0 Å². The molecule has 0 spiro atoms. The van der Waals surface area contributed by atoms with Crippen molar-refractivity contribution in [1.82, 2.24) is 9.78 Å². The number of rotatable bonds is 6. The Labute approximate surface area is 105 Å². The molecule has 0 bridgehead atoms.